The van der Waals surface area contributed by atoms with Crippen molar-refractivity contribution in [2.45, 2.75) is 57.8 Å². The number of β-amino-alcohol motifs (C(OH)–C–C–N with tert-alkyl or cyclic N) is 1. The van der Waals surface area contributed by atoms with Gasteiger partial charge in [-0.1, -0.05) is 31.2 Å². The molecule has 1 saturated heterocycles. The van der Waals surface area contributed by atoms with Gasteiger partial charge in [-0.05, 0) is 43.4 Å². The van der Waals surface area contributed by atoms with Crippen molar-refractivity contribution in [3.05, 3.63) is 41.0 Å². The van der Waals surface area contributed by atoms with E-state index >= 15 is 0 Å². The number of nitrogens with one attached hydrogen (secondary N) is 2. The predicted molar refractivity (Wildman–Crippen MR) is 120 cm³/mol. The molecular formula is C23H30N4O3S. The number of aryl methyl sites for hydroxylation is 1. The lowest BCUT2D eigenvalue weighted by atomic mass is 10.1. The molecule has 0 radical (unpaired) electrons. The monoisotopic (exact) mass is 442 g/mol. The molecule has 2 fully saturated rings. The Balaban J connectivity index is 1.37. The molecule has 1 saturated carbocycles. The lowest BCUT2D eigenvalue weighted by Crippen LogP contribution is -2.53. The van der Waals surface area contributed by atoms with Crippen LogP contribution >= 0.6 is 11.3 Å². The first-order valence-corrected chi connectivity index (χ1v) is 11.8. The van der Waals surface area contributed by atoms with Crippen LogP contribution in [0.2, 0.25) is 0 Å². The van der Waals surface area contributed by atoms with Crippen LogP contribution in [0.4, 0.5) is 0 Å². The minimum absolute atomic E-state index is 0.0645. The molecule has 166 valence electrons. The predicted octanol–water partition coefficient (Wildman–Crippen LogP) is 2.08. The van der Waals surface area contributed by atoms with Crippen LogP contribution in [-0.4, -0.2) is 58.1 Å². The molecule has 3 atom stereocenters. The average Bonchev–Trinajstić information content (AvgIpc) is 3.40. The fourth-order valence-corrected chi connectivity index (χ4v) is 5.06. The van der Waals surface area contributed by atoms with E-state index in [2.05, 4.69) is 15.6 Å². The van der Waals surface area contributed by atoms with Gasteiger partial charge in [0.1, 0.15) is 6.04 Å². The van der Waals surface area contributed by atoms with Gasteiger partial charge in [0, 0.05) is 19.5 Å². The van der Waals surface area contributed by atoms with Crippen molar-refractivity contribution in [3.63, 3.8) is 0 Å². The Labute approximate surface area is 186 Å². The van der Waals surface area contributed by atoms with E-state index in [0.717, 1.165) is 34.5 Å². The summed E-state index contributed by atoms with van der Waals surface area (Å²) in [5.74, 6) is 0.0678. The first-order valence-electron chi connectivity index (χ1n) is 11.0. The van der Waals surface area contributed by atoms with E-state index in [4.69, 9.17) is 0 Å². The van der Waals surface area contributed by atoms with E-state index in [1.165, 1.54) is 0 Å². The highest BCUT2D eigenvalue weighted by atomic mass is 32.1. The van der Waals surface area contributed by atoms with Crippen molar-refractivity contribution in [1.82, 2.24) is 20.5 Å². The molecule has 1 aromatic heterocycles. The van der Waals surface area contributed by atoms with Gasteiger partial charge >= 0.3 is 0 Å². The van der Waals surface area contributed by atoms with Crippen LogP contribution in [0.3, 0.4) is 0 Å². The number of thiazole rings is 1. The standard InChI is InChI=1S/C23H30N4O3S/c1-3-24-20(16-8-9-16)23(30)27-12-18(28)10-19(27)22(29)25-11-15-4-6-17(7-5-15)21-14(2)26-13-31-21/h4-7,13,16,18-20,24,28H,3,8-12H2,1-2H3,(H,25,29). The van der Waals surface area contributed by atoms with E-state index in [0.29, 0.717) is 19.0 Å². The largest absolute Gasteiger partial charge is 0.391 e. The number of hydrogen-bond acceptors (Lipinski definition) is 6. The molecule has 1 aliphatic heterocycles. The van der Waals surface area contributed by atoms with Crippen molar-refractivity contribution in [2.75, 3.05) is 13.1 Å². The highest BCUT2D eigenvalue weighted by Crippen LogP contribution is 2.34. The third-order valence-corrected chi connectivity index (χ3v) is 7.05. The summed E-state index contributed by atoms with van der Waals surface area (Å²) < 4.78 is 0. The van der Waals surface area contributed by atoms with E-state index < -0.39 is 12.1 Å². The second kappa shape index (κ2) is 9.46. The molecule has 0 spiro atoms. The molecular weight excluding hydrogens is 412 g/mol. The van der Waals surface area contributed by atoms with Gasteiger partial charge in [0.05, 0.1) is 28.2 Å². The van der Waals surface area contributed by atoms with E-state index in [9.17, 15) is 14.7 Å². The second-order valence-electron chi connectivity index (χ2n) is 8.45. The fraction of sp³-hybridized carbons (Fsp3) is 0.522. The summed E-state index contributed by atoms with van der Waals surface area (Å²) in [6, 6.07) is 7.18. The average molecular weight is 443 g/mol. The summed E-state index contributed by atoms with van der Waals surface area (Å²) in [6.07, 6.45) is 1.69. The van der Waals surface area contributed by atoms with E-state index in [1.807, 2.05) is 43.6 Å². The zero-order valence-corrected chi connectivity index (χ0v) is 18.8. The first-order chi connectivity index (χ1) is 15.0. The Bertz CT molecular complexity index is 925. The summed E-state index contributed by atoms with van der Waals surface area (Å²) >= 11 is 1.61. The van der Waals surface area contributed by atoms with Crippen LogP contribution < -0.4 is 10.6 Å². The number of likely N-dealkylation sites (tertiary alicyclic amines) is 1. The molecule has 4 rings (SSSR count). The Kier molecular flexibility index (Phi) is 6.69. The van der Waals surface area contributed by atoms with Crippen LogP contribution in [-0.2, 0) is 16.1 Å². The topological polar surface area (TPSA) is 94.6 Å². The number of carbonyl (C=O) groups is 2. The van der Waals surface area contributed by atoms with Gasteiger partial charge in [-0.2, -0.15) is 0 Å². The summed E-state index contributed by atoms with van der Waals surface area (Å²) in [5, 5.41) is 16.4. The molecule has 7 nitrogen and oxygen atoms in total. The molecule has 31 heavy (non-hydrogen) atoms. The number of aliphatic hydroxyl groups is 1. The number of nitrogens with zero attached hydrogens (tertiary/aromatic N) is 2. The Hall–Kier alpha value is -2.29. The third-order valence-electron chi connectivity index (χ3n) is 6.08. The molecule has 2 heterocycles. The van der Waals surface area contributed by atoms with Crippen molar-refractivity contribution in [1.29, 1.82) is 0 Å². The number of rotatable bonds is 8. The molecule has 2 amide bonds. The zero-order chi connectivity index (χ0) is 22.0. The van der Waals surface area contributed by atoms with Crippen LogP contribution in [0.15, 0.2) is 29.8 Å². The minimum Gasteiger partial charge on any atom is -0.391 e. The SMILES string of the molecule is CCNC(C(=O)N1CC(O)CC1C(=O)NCc1ccc(-c2scnc2C)cc1)C1CC1. The number of carbonyl (C=O) groups excluding carboxylic acids is 2. The molecule has 1 aliphatic carbocycles. The first kappa shape index (κ1) is 21.9. The number of amides is 2. The quantitative estimate of drug-likeness (QED) is 0.582. The summed E-state index contributed by atoms with van der Waals surface area (Å²) in [5.41, 5.74) is 4.95. The van der Waals surface area contributed by atoms with Gasteiger partial charge in [0.25, 0.3) is 0 Å². The lowest BCUT2D eigenvalue weighted by molar-refractivity contribution is -0.140. The van der Waals surface area contributed by atoms with Gasteiger partial charge < -0.3 is 20.6 Å². The lowest BCUT2D eigenvalue weighted by Gasteiger charge is -2.28. The zero-order valence-electron chi connectivity index (χ0n) is 18.0. The van der Waals surface area contributed by atoms with Crippen molar-refractivity contribution in [2.24, 2.45) is 5.92 Å². The highest BCUT2D eigenvalue weighted by Gasteiger charge is 2.44. The van der Waals surface area contributed by atoms with Crippen molar-refractivity contribution in [3.8, 4) is 10.4 Å². The smallest absolute Gasteiger partial charge is 0.243 e. The van der Waals surface area contributed by atoms with E-state index in [-0.39, 0.29) is 30.8 Å². The van der Waals surface area contributed by atoms with Gasteiger partial charge in [0.2, 0.25) is 11.8 Å². The molecule has 3 N–H and O–H groups in total. The number of aromatic nitrogens is 1. The highest BCUT2D eigenvalue weighted by molar-refractivity contribution is 7.13. The minimum atomic E-state index is -0.664. The number of hydrogen-bond donors (Lipinski definition) is 3. The molecule has 0 bridgehead atoms. The molecule has 1 aromatic carbocycles. The Morgan fingerprint density at radius 2 is 2.03 bits per heavy atom. The number of likely N-dealkylation sites (N-methyl/N-ethyl adjacent to an activating group) is 1. The van der Waals surface area contributed by atoms with Crippen LogP contribution in [0.5, 0.6) is 0 Å². The fourth-order valence-electron chi connectivity index (χ4n) is 4.25. The second-order valence-corrected chi connectivity index (χ2v) is 9.31. The van der Waals surface area contributed by atoms with Crippen molar-refractivity contribution < 1.29 is 14.7 Å². The van der Waals surface area contributed by atoms with E-state index in [1.54, 1.807) is 16.2 Å². The maximum absolute atomic E-state index is 13.1. The molecule has 8 heteroatoms. The number of aliphatic hydroxyl groups excluding tert-OH is 1. The van der Waals surface area contributed by atoms with Gasteiger partial charge in [0.15, 0.2) is 0 Å². The summed E-state index contributed by atoms with van der Waals surface area (Å²) in [4.78, 5) is 33.0. The molecule has 3 unspecified atom stereocenters. The molecule has 2 aliphatic rings. The normalized spacial score (nSPS) is 21.8. The van der Waals surface area contributed by atoms with Gasteiger partial charge in [-0.15, -0.1) is 11.3 Å². The van der Waals surface area contributed by atoms with Crippen LogP contribution in [0.25, 0.3) is 10.4 Å². The summed E-state index contributed by atoms with van der Waals surface area (Å²) in [6.45, 7) is 5.28. The third kappa shape index (κ3) is 4.97. The van der Waals surface area contributed by atoms with Crippen LogP contribution in [0, 0.1) is 12.8 Å². The maximum Gasteiger partial charge on any atom is 0.243 e. The Morgan fingerprint density at radius 1 is 1.29 bits per heavy atom. The van der Waals surface area contributed by atoms with Gasteiger partial charge in [-0.3, -0.25) is 9.59 Å². The maximum atomic E-state index is 13.1. The molecule has 2 aromatic rings. The van der Waals surface area contributed by atoms with Crippen molar-refractivity contribution >= 4 is 23.2 Å². The number of benzene rings is 1. The summed E-state index contributed by atoms with van der Waals surface area (Å²) in [7, 11) is 0. The Morgan fingerprint density at radius 3 is 2.65 bits per heavy atom. The van der Waals surface area contributed by atoms with Gasteiger partial charge in [-0.25, -0.2) is 4.98 Å². The van der Waals surface area contributed by atoms with Crippen LogP contribution in [0.1, 0.15) is 37.4 Å².